The first-order chi connectivity index (χ1) is 16.3. The molecule has 2 aromatic heterocycles. The summed E-state index contributed by atoms with van der Waals surface area (Å²) >= 11 is 2.65. The van der Waals surface area contributed by atoms with Crippen molar-refractivity contribution in [2.75, 3.05) is 24.3 Å². The zero-order valence-electron chi connectivity index (χ0n) is 20.1. The van der Waals surface area contributed by atoms with Crippen molar-refractivity contribution in [3.63, 3.8) is 0 Å². The minimum Gasteiger partial charge on any atom is -0.493 e. The molecule has 0 atom stereocenters. The topological polar surface area (TPSA) is 95.3 Å². The van der Waals surface area contributed by atoms with Gasteiger partial charge in [0, 0.05) is 17.0 Å². The van der Waals surface area contributed by atoms with Crippen LogP contribution in [0.3, 0.4) is 0 Å². The number of hydrogen-bond acceptors (Lipinski definition) is 8. The molecule has 0 bridgehead atoms. The van der Waals surface area contributed by atoms with Crippen molar-refractivity contribution >= 4 is 40.0 Å². The first-order valence-electron chi connectivity index (χ1n) is 11.2. The van der Waals surface area contributed by atoms with E-state index < -0.39 is 5.97 Å². The van der Waals surface area contributed by atoms with E-state index in [1.807, 2.05) is 42.7 Å². The standard InChI is InChI=1S/C24H30N4O4S2/c1-6-28-21(17-8-10-18(11-9-17)32-13-15(3)4)26-27-24(28)33-14-20(29)25-22-19(12-16(5)34-22)23(30)31-7-2/h8-12,15H,6-7,13-14H2,1-5H3,(H,25,29). The van der Waals surface area contributed by atoms with Crippen LogP contribution in [0, 0.1) is 12.8 Å². The molecule has 0 aliphatic heterocycles. The molecule has 0 saturated carbocycles. The summed E-state index contributed by atoms with van der Waals surface area (Å²) in [5, 5.41) is 12.6. The van der Waals surface area contributed by atoms with Crippen molar-refractivity contribution in [2.45, 2.75) is 46.3 Å². The van der Waals surface area contributed by atoms with Gasteiger partial charge in [0.25, 0.3) is 0 Å². The summed E-state index contributed by atoms with van der Waals surface area (Å²) in [5.74, 6) is 1.48. The molecule has 3 aromatic rings. The predicted molar refractivity (Wildman–Crippen MR) is 136 cm³/mol. The fourth-order valence-electron chi connectivity index (χ4n) is 3.12. The van der Waals surface area contributed by atoms with E-state index in [0.717, 1.165) is 22.0 Å². The number of nitrogens with one attached hydrogen (secondary N) is 1. The molecule has 10 heteroatoms. The van der Waals surface area contributed by atoms with Crippen LogP contribution in [-0.4, -0.2) is 45.6 Å². The number of aromatic nitrogens is 3. The van der Waals surface area contributed by atoms with Crippen molar-refractivity contribution < 1.29 is 19.1 Å². The molecule has 8 nitrogen and oxygen atoms in total. The maximum absolute atomic E-state index is 12.6. The van der Waals surface area contributed by atoms with E-state index in [1.54, 1.807) is 13.0 Å². The van der Waals surface area contributed by atoms with E-state index in [2.05, 4.69) is 29.4 Å². The summed E-state index contributed by atoms with van der Waals surface area (Å²) in [6.45, 7) is 11.5. The summed E-state index contributed by atoms with van der Waals surface area (Å²) in [7, 11) is 0. The second-order valence-electron chi connectivity index (χ2n) is 7.94. The number of thioether (sulfide) groups is 1. The van der Waals surface area contributed by atoms with Crippen LogP contribution in [0.4, 0.5) is 5.00 Å². The number of anilines is 1. The Morgan fingerprint density at radius 3 is 2.56 bits per heavy atom. The molecule has 1 amide bonds. The normalized spacial score (nSPS) is 11.0. The molecule has 0 spiro atoms. The maximum Gasteiger partial charge on any atom is 0.341 e. The van der Waals surface area contributed by atoms with Gasteiger partial charge in [-0.15, -0.1) is 21.5 Å². The third-order valence-corrected chi connectivity index (χ3v) is 6.60. The zero-order chi connectivity index (χ0) is 24.7. The Hall–Kier alpha value is -2.85. The SMILES string of the molecule is CCOC(=O)c1cc(C)sc1NC(=O)CSc1nnc(-c2ccc(OCC(C)C)cc2)n1CC. The molecule has 182 valence electrons. The van der Waals surface area contributed by atoms with Crippen LogP contribution >= 0.6 is 23.1 Å². The number of hydrogen-bond donors (Lipinski definition) is 1. The van der Waals surface area contributed by atoms with E-state index in [-0.39, 0.29) is 18.3 Å². The van der Waals surface area contributed by atoms with Crippen molar-refractivity contribution in [2.24, 2.45) is 5.92 Å². The van der Waals surface area contributed by atoms with Gasteiger partial charge in [0.2, 0.25) is 5.91 Å². The Balaban J connectivity index is 1.65. The number of ether oxygens (including phenoxy) is 2. The summed E-state index contributed by atoms with van der Waals surface area (Å²) in [6, 6.07) is 9.50. The molecule has 0 unspecified atom stereocenters. The lowest BCUT2D eigenvalue weighted by molar-refractivity contribution is -0.113. The Kier molecular flexibility index (Phi) is 9.12. The van der Waals surface area contributed by atoms with Gasteiger partial charge in [-0.25, -0.2) is 4.79 Å². The van der Waals surface area contributed by atoms with Gasteiger partial charge < -0.3 is 19.4 Å². The van der Waals surface area contributed by atoms with Crippen molar-refractivity contribution in [3.8, 4) is 17.1 Å². The number of esters is 1. The highest BCUT2D eigenvalue weighted by Gasteiger charge is 2.19. The van der Waals surface area contributed by atoms with Gasteiger partial charge in [-0.1, -0.05) is 25.6 Å². The Morgan fingerprint density at radius 2 is 1.91 bits per heavy atom. The highest BCUT2D eigenvalue weighted by atomic mass is 32.2. The minimum atomic E-state index is -0.439. The molecule has 2 heterocycles. The van der Waals surface area contributed by atoms with Crippen LogP contribution in [0.5, 0.6) is 5.75 Å². The number of benzene rings is 1. The number of thiophene rings is 1. The van der Waals surface area contributed by atoms with Gasteiger partial charge in [0.05, 0.1) is 24.5 Å². The van der Waals surface area contributed by atoms with Gasteiger partial charge in [0.1, 0.15) is 10.8 Å². The Morgan fingerprint density at radius 1 is 1.18 bits per heavy atom. The van der Waals surface area contributed by atoms with Crippen LogP contribution < -0.4 is 10.1 Å². The number of rotatable bonds is 11. The summed E-state index contributed by atoms with van der Waals surface area (Å²) in [5.41, 5.74) is 1.30. The maximum atomic E-state index is 12.6. The number of carbonyl (C=O) groups is 2. The van der Waals surface area contributed by atoms with Crippen molar-refractivity contribution in [3.05, 3.63) is 40.8 Å². The highest BCUT2D eigenvalue weighted by Crippen LogP contribution is 2.29. The third-order valence-electron chi connectivity index (χ3n) is 4.66. The molecule has 0 fully saturated rings. The first kappa shape index (κ1) is 25.8. The molecule has 0 radical (unpaired) electrons. The molecule has 34 heavy (non-hydrogen) atoms. The second kappa shape index (κ2) is 12.0. The third kappa shape index (κ3) is 6.60. The van der Waals surface area contributed by atoms with Crippen molar-refractivity contribution in [1.29, 1.82) is 0 Å². The van der Waals surface area contributed by atoms with E-state index in [4.69, 9.17) is 9.47 Å². The molecule has 0 aliphatic carbocycles. The van der Waals surface area contributed by atoms with Crippen LogP contribution in [0.1, 0.15) is 42.9 Å². The Bertz CT molecular complexity index is 1120. The fourth-order valence-corrected chi connectivity index (χ4v) is 4.84. The van der Waals surface area contributed by atoms with Crippen LogP contribution in [0.15, 0.2) is 35.5 Å². The fraction of sp³-hybridized carbons (Fsp3) is 0.417. The van der Waals surface area contributed by atoms with Gasteiger partial charge in [-0.05, 0) is 57.0 Å². The Labute approximate surface area is 208 Å². The van der Waals surface area contributed by atoms with E-state index in [9.17, 15) is 9.59 Å². The zero-order valence-corrected chi connectivity index (χ0v) is 21.7. The molecular formula is C24H30N4O4S2. The van der Waals surface area contributed by atoms with Gasteiger partial charge in [0.15, 0.2) is 11.0 Å². The number of aryl methyl sites for hydroxylation is 1. The van der Waals surface area contributed by atoms with E-state index in [0.29, 0.717) is 34.8 Å². The van der Waals surface area contributed by atoms with Crippen LogP contribution in [-0.2, 0) is 16.1 Å². The average molecular weight is 503 g/mol. The molecule has 1 aromatic carbocycles. The second-order valence-corrected chi connectivity index (χ2v) is 10.1. The number of nitrogens with zero attached hydrogens (tertiary/aromatic N) is 3. The van der Waals surface area contributed by atoms with E-state index >= 15 is 0 Å². The van der Waals surface area contributed by atoms with Gasteiger partial charge in [-0.3, -0.25) is 4.79 Å². The average Bonchev–Trinajstić information content (AvgIpc) is 3.39. The summed E-state index contributed by atoms with van der Waals surface area (Å²) in [4.78, 5) is 25.7. The van der Waals surface area contributed by atoms with Crippen LogP contribution in [0.25, 0.3) is 11.4 Å². The quantitative estimate of drug-likeness (QED) is 0.282. The van der Waals surface area contributed by atoms with Gasteiger partial charge in [-0.2, -0.15) is 0 Å². The van der Waals surface area contributed by atoms with Gasteiger partial charge >= 0.3 is 5.97 Å². The predicted octanol–water partition coefficient (Wildman–Crippen LogP) is 5.28. The van der Waals surface area contributed by atoms with Crippen molar-refractivity contribution in [1.82, 2.24) is 14.8 Å². The number of amides is 1. The van der Waals surface area contributed by atoms with E-state index in [1.165, 1.54) is 23.1 Å². The molecule has 1 N–H and O–H groups in total. The lowest BCUT2D eigenvalue weighted by Gasteiger charge is -2.10. The number of carbonyl (C=O) groups excluding carboxylic acids is 2. The minimum absolute atomic E-state index is 0.138. The first-order valence-corrected chi connectivity index (χ1v) is 13.0. The molecule has 0 saturated heterocycles. The lowest BCUT2D eigenvalue weighted by atomic mass is 10.2. The molecule has 3 rings (SSSR count). The largest absolute Gasteiger partial charge is 0.493 e. The molecule has 0 aliphatic rings. The highest BCUT2D eigenvalue weighted by molar-refractivity contribution is 7.99. The molecular weight excluding hydrogens is 472 g/mol. The van der Waals surface area contributed by atoms with Crippen LogP contribution in [0.2, 0.25) is 0 Å². The summed E-state index contributed by atoms with van der Waals surface area (Å²) < 4.78 is 12.8. The lowest BCUT2D eigenvalue weighted by Crippen LogP contribution is -2.16. The smallest absolute Gasteiger partial charge is 0.341 e. The monoisotopic (exact) mass is 502 g/mol. The summed E-state index contributed by atoms with van der Waals surface area (Å²) in [6.07, 6.45) is 0.